The van der Waals surface area contributed by atoms with Crippen molar-refractivity contribution in [2.24, 2.45) is 7.05 Å². The highest BCUT2D eigenvalue weighted by Gasteiger charge is 2.50. The summed E-state index contributed by atoms with van der Waals surface area (Å²) in [6.45, 7) is 1.10. The van der Waals surface area contributed by atoms with Crippen molar-refractivity contribution in [3.05, 3.63) is 52.7 Å². The summed E-state index contributed by atoms with van der Waals surface area (Å²) >= 11 is 1.03. The minimum atomic E-state index is -5.74. The second-order valence-electron chi connectivity index (χ2n) is 11.6. The summed E-state index contributed by atoms with van der Waals surface area (Å²) in [5.74, 6) is -0.762. The lowest BCUT2D eigenvalue weighted by molar-refractivity contribution is -0.149. The topological polar surface area (TPSA) is 145 Å². The largest absolute Gasteiger partial charge is 0.399 e. The zero-order valence-electron chi connectivity index (χ0n) is 23.4. The summed E-state index contributed by atoms with van der Waals surface area (Å²) in [6, 6.07) is 4.98. The second-order valence-corrected chi connectivity index (χ2v) is 14.3. The first-order valence-corrected chi connectivity index (χ1v) is 16.7. The van der Waals surface area contributed by atoms with Gasteiger partial charge < -0.3 is 24.9 Å². The van der Waals surface area contributed by atoms with Gasteiger partial charge >= 0.3 is 13.3 Å². The molecule has 0 saturated carbocycles. The molecule has 3 amide bonds. The standard InChI is InChI=1S/C28H32F2N5O6PS/c1-33-11-10-20(32-33)17-14-34(15-17)27(38)22-8-7-19-4-2-3-5-21(26(37)35(19)22)31-25(36)24-13-16-12-18(6-9-23(16)43-24)28(29,30)42(39,40)41/h6,9-13,17,19,21-22H,2-5,7-8,14-15H2,1H3,(H,31,36)(H2,39,40,41)/t19?,21-,22-/m0/s1. The first kappa shape index (κ1) is 29.9. The van der Waals surface area contributed by atoms with Crippen LogP contribution in [0.4, 0.5) is 8.78 Å². The molecule has 6 rings (SSSR count). The van der Waals surface area contributed by atoms with Crippen molar-refractivity contribution in [1.82, 2.24) is 24.9 Å². The molecule has 1 unspecified atom stereocenters. The van der Waals surface area contributed by atoms with Gasteiger partial charge in [-0.05, 0) is 55.3 Å². The number of amides is 3. The number of benzene rings is 1. The molecule has 3 aromatic rings. The van der Waals surface area contributed by atoms with Crippen molar-refractivity contribution in [2.75, 3.05) is 13.1 Å². The van der Waals surface area contributed by atoms with E-state index in [1.165, 1.54) is 12.1 Å². The lowest BCUT2D eigenvalue weighted by atomic mass is 9.95. The number of aryl methyl sites for hydroxylation is 1. The van der Waals surface area contributed by atoms with E-state index in [1.807, 2.05) is 19.3 Å². The van der Waals surface area contributed by atoms with Gasteiger partial charge in [0.05, 0.1) is 10.6 Å². The van der Waals surface area contributed by atoms with Crippen LogP contribution in [0.1, 0.15) is 65.4 Å². The van der Waals surface area contributed by atoms with Crippen molar-refractivity contribution < 1.29 is 37.5 Å². The molecule has 3 saturated heterocycles. The smallest absolute Gasteiger partial charge is 0.340 e. The highest BCUT2D eigenvalue weighted by Crippen LogP contribution is 2.59. The number of nitrogens with one attached hydrogen (secondary N) is 1. The second kappa shape index (κ2) is 11.1. The molecule has 15 heteroatoms. The van der Waals surface area contributed by atoms with Crippen molar-refractivity contribution in [3.63, 3.8) is 0 Å². The summed E-state index contributed by atoms with van der Waals surface area (Å²) in [5, 5.41) is 7.48. The number of carbonyl (C=O) groups is 3. The molecule has 3 aliphatic heterocycles. The Morgan fingerprint density at radius 1 is 1.09 bits per heavy atom. The maximum atomic E-state index is 14.2. The minimum absolute atomic E-state index is 0.0764. The van der Waals surface area contributed by atoms with Gasteiger partial charge in [0.25, 0.3) is 5.91 Å². The van der Waals surface area contributed by atoms with Gasteiger partial charge in [0.1, 0.15) is 12.1 Å². The van der Waals surface area contributed by atoms with Gasteiger partial charge in [-0.25, -0.2) is 0 Å². The molecular formula is C28H32F2N5O6PS. The fourth-order valence-corrected chi connectivity index (χ4v) is 7.78. The van der Waals surface area contributed by atoms with Gasteiger partial charge in [-0.2, -0.15) is 13.9 Å². The first-order valence-electron chi connectivity index (χ1n) is 14.2. The number of hydrogen-bond donors (Lipinski definition) is 3. The molecule has 0 spiro atoms. The number of hydrogen-bond acceptors (Lipinski definition) is 6. The SMILES string of the molecule is Cn1ccc(C2CN(C(=O)[C@@H]3CCC4CCCC[C@H](NC(=O)c5cc6cc(C(F)(F)P(=O)(O)O)ccc6s5)C(=O)N43)C2)n1. The fourth-order valence-electron chi connectivity index (χ4n) is 6.36. The van der Waals surface area contributed by atoms with Crippen LogP contribution in [0.5, 0.6) is 0 Å². The Bertz CT molecular complexity index is 1630. The van der Waals surface area contributed by atoms with Gasteiger partial charge in [0.15, 0.2) is 0 Å². The lowest BCUT2D eigenvalue weighted by Gasteiger charge is -2.42. The maximum absolute atomic E-state index is 14.2. The van der Waals surface area contributed by atoms with E-state index >= 15 is 0 Å². The maximum Gasteiger partial charge on any atom is 0.399 e. The number of alkyl halides is 2. The van der Waals surface area contributed by atoms with Gasteiger partial charge in [-0.15, -0.1) is 11.3 Å². The zero-order valence-corrected chi connectivity index (χ0v) is 25.1. The molecule has 0 bridgehead atoms. The van der Waals surface area contributed by atoms with Crippen molar-refractivity contribution in [3.8, 4) is 0 Å². The number of carbonyl (C=O) groups excluding carboxylic acids is 3. The van der Waals surface area contributed by atoms with E-state index in [1.54, 1.807) is 14.5 Å². The summed E-state index contributed by atoms with van der Waals surface area (Å²) < 4.78 is 42.0. The van der Waals surface area contributed by atoms with Crippen LogP contribution in [0.3, 0.4) is 0 Å². The molecule has 11 nitrogen and oxygen atoms in total. The Kier molecular flexibility index (Phi) is 7.68. The van der Waals surface area contributed by atoms with E-state index in [4.69, 9.17) is 9.79 Å². The number of likely N-dealkylation sites (tertiary alicyclic amines) is 1. The van der Waals surface area contributed by atoms with Gasteiger partial charge in [-0.3, -0.25) is 23.6 Å². The average Bonchev–Trinajstić information content (AvgIpc) is 3.65. The first-order chi connectivity index (χ1) is 20.3. The van der Waals surface area contributed by atoms with E-state index in [0.29, 0.717) is 30.6 Å². The molecule has 3 atom stereocenters. The molecule has 3 aliphatic rings. The molecule has 5 heterocycles. The summed E-state index contributed by atoms with van der Waals surface area (Å²) in [6.07, 6.45) is 5.94. The number of fused-ring (bicyclic) bond motifs is 2. The molecule has 43 heavy (non-hydrogen) atoms. The number of aromatic nitrogens is 2. The number of nitrogens with zero attached hydrogens (tertiary/aromatic N) is 4. The van der Waals surface area contributed by atoms with Crippen LogP contribution in [0.25, 0.3) is 10.1 Å². The Hall–Kier alpha value is -3.19. The Labute approximate surface area is 250 Å². The van der Waals surface area contributed by atoms with Gasteiger partial charge in [-0.1, -0.05) is 18.9 Å². The van der Waals surface area contributed by atoms with Crippen LogP contribution in [0.2, 0.25) is 0 Å². The Balaban J connectivity index is 1.16. The highest BCUT2D eigenvalue weighted by atomic mass is 32.1. The van der Waals surface area contributed by atoms with Crippen LogP contribution in [0.15, 0.2) is 36.5 Å². The summed E-state index contributed by atoms with van der Waals surface area (Å²) in [4.78, 5) is 62.5. The van der Waals surface area contributed by atoms with Gasteiger partial charge in [0.2, 0.25) is 11.8 Å². The fraction of sp³-hybridized carbons (Fsp3) is 0.500. The summed E-state index contributed by atoms with van der Waals surface area (Å²) in [7, 11) is -3.90. The zero-order chi connectivity index (χ0) is 30.7. The number of rotatable bonds is 6. The third-order valence-corrected chi connectivity index (χ3v) is 10.8. The summed E-state index contributed by atoms with van der Waals surface area (Å²) in [5.41, 5.74) is -4.28. The molecule has 230 valence electrons. The van der Waals surface area contributed by atoms with Crippen molar-refractivity contribution >= 4 is 46.7 Å². The average molecular weight is 636 g/mol. The quantitative estimate of drug-likeness (QED) is 0.352. The molecule has 0 radical (unpaired) electrons. The van der Waals surface area contributed by atoms with E-state index in [-0.39, 0.29) is 34.0 Å². The van der Waals surface area contributed by atoms with Crippen LogP contribution >= 0.6 is 18.9 Å². The normalized spacial score (nSPS) is 23.6. The molecular weight excluding hydrogens is 603 g/mol. The predicted octanol–water partition coefficient (Wildman–Crippen LogP) is 3.52. The van der Waals surface area contributed by atoms with E-state index in [2.05, 4.69) is 10.4 Å². The van der Waals surface area contributed by atoms with E-state index in [9.17, 15) is 27.7 Å². The van der Waals surface area contributed by atoms with Crippen molar-refractivity contribution in [1.29, 1.82) is 0 Å². The van der Waals surface area contributed by atoms with Gasteiger partial charge in [0, 0.05) is 48.6 Å². The number of thiophene rings is 1. The molecule has 3 N–H and O–H groups in total. The predicted molar refractivity (Wildman–Crippen MR) is 154 cm³/mol. The molecule has 0 aliphatic carbocycles. The Morgan fingerprint density at radius 3 is 2.53 bits per heavy atom. The molecule has 3 fully saturated rings. The van der Waals surface area contributed by atoms with Crippen LogP contribution < -0.4 is 5.32 Å². The number of halogens is 2. The van der Waals surface area contributed by atoms with E-state index < -0.39 is 36.8 Å². The van der Waals surface area contributed by atoms with E-state index in [0.717, 1.165) is 54.8 Å². The third kappa shape index (κ3) is 5.50. The molecule has 1 aromatic carbocycles. The highest BCUT2D eigenvalue weighted by molar-refractivity contribution is 7.52. The van der Waals surface area contributed by atoms with Crippen LogP contribution in [-0.2, 0) is 26.9 Å². The molecule has 2 aromatic heterocycles. The van der Waals surface area contributed by atoms with Crippen LogP contribution in [-0.4, -0.2) is 78.3 Å². The van der Waals surface area contributed by atoms with Crippen molar-refractivity contribution in [2.45, 2.75) is 68.2 Å². The van der Waals surface area contributed by atoms with Crippen LogP contribution in [0, 0.1) is 0 Å². The lowest BCUT2D eigenvalue weighted by Crippen LogP contribution is -2.59. The monoisotopic (exact) mass is 635 g/mol. The third-order valence-electron chi connectivity index (χ3n) is 8.72. The minimum Gasteiger partial charge on any atom is -0.340 e. The Morgan fingerprint density at radius 2 is 1.84 bits per heavy atom.